The van der Waals surface area contributed by atoms with Crippen LogP contribution in [0.1, 0.15) is 33.1 Å². The number of carbonyl (C=O) groups excluding carboxylic acids is 1. The molecular weight excluding hydrogens is 322 g/mol. The van der Waals surface area contributed by atoms with E-state index in [2.05, 4.69) is 20.5 Å². The largest absolute Gasteiger partial charge is 0.340 e. The van der Waals surface area contributed by atoms with Crippen LogP contribution < -0.4 is 5.32 Å². The third kappa shape index (κ3) is 2.71. The van der Waals surface area contributed by atoms with Crippen LogP contribution in [0.15, 0.2) is 40.7 Å². The van der Waals surface area contributed by atoms with Gasteiger partial charge in [-0.2, -0.15) is 5.10 Å². The van der Waals surface area contributed by atoms with Gasteiger partial charge in [0.2, 0.25) is 0 Å². The molecule has 1 atom stereocenters. The van der Waals surface area contributed by atoms with E-state index in [1.54, 1.807) is 23.7 Å². The number of benzene rings is 1. The Hall–Kier alpha value is -2.54. The van der Waals surface area contributed by atoms with E-state index in [0.29, 0.717) is 5.56 Å². The highest BCUT2D eigenvalue weighted by atomic mass is 32.1. The van der Waals surface area contributed by atoms with Crippen LogP contribution >= 0.6 is 11.3 Å². The molecule has 0 unspecified atom stereocenters. The van der Waals surface area contributed by atoms with Gasteiger partial charge in [0.15, 0.2) is 5.84 Å². The van der Waals surface area contributed by atoms with E-state index in [0.717, 1.165) is 40.8 Å². The van der Waals surface area contributed by atoms with E-state index >= 15 is 0 Å². The van der Waals surface area contributed by atoms with Gasteiger partial charge in [-0.05, 0) is 31.9 Å². The third-order valence-electron chi connectivity index (χ3n) is 4.24. The summed E-state index contributed by atoms with van der Waals surface area (Å²) >= 11 is 1.57. The monoisotopic (exact) mass is 339 g/mol. The molecule has 0 bridgehead atoms. The molecule has 0 spiro atoms. The van der Waals surface area contributed by atoms with Crippen molar-refractivity contribution >= 4 is 35.0 Å². The second-order valence-electron chi connectivity index (χ2n) is 5.84. The summed E-state index contributed by atoms with van der Waals surface area (Å²) in [6.45, 7) is 2.72. The number of carbonyl (C=O) groups is 1. The lowest BCUT2D eigenvalue weighted by atomic mass is 10.1. The smallest absolute Gasteiger partial charge is 0.256 e. The van der Waals surface area contributed by atoms with Crippen molar-refractivity contribution in [1.29, 1.82) is 0 Å². The molecule has 1 amide bonds. The number of aromatic nitrogens is 1. The molecule has 24 heavy (non-hydrogen) atoms. The summed E-state index contributed by atoms with van der Waals surface area (Å²) in [6.07, 6.45) is 5.37. The minimum atomic E-state index is -0.0368. The van der Waals surface area contributed by atoms with Crippen LogP contribution in [0.3, 0.4) is 0 Å². The van der Waals surface area contributed by atoms with E-state index in [9.17, 15) is 4.79 Å². The molecule has 1 N–H and O–H groups in total. The Labute approximate surface area is 143 Å². The number of amides is 1. The number of fused-ring (bicyclic) bond motifs is 2. The number of hydrogen-bond acceptors (Lipinski definition) is 5. The number of nitrogens with zero attached hydrogens (tertiary/aromatic N) is 4. The fraction of sp³-hybridized carbons (Fsp3) is 0.294. The van der Waals surface area contributed by atoms with Gasteiger partial charge in [0.1, 0.15) is 0 Å². The first-order chi connectivity index (χ1) is 11.7. The van der Waals surface area contributed by atoms with Crippen molar-refractivity contribution in [2.45, 2.75) is 25.8 Å². The lowest BCUT2D eigenvalue weighted by Crippen LogP contribution is -2.40. The van der Waals surface area contributed by atoms with Gasteiger partial charge in [0.05, 0.1) is 33.4 Å². The molecule has 1 aromatic carbocycles. The predicted molar refractivity (Wildman–Crippen MR) is 96.0 cm³/mol. The summed E-state index contributed by atoms with van der Waals surface area (Å²) in [5.41, 5.74) is 1.48. The summed E-state index contributed by atoms with van der Waals surface area (Å²) in [4.78, 5) is 19.8. The highest BCUT2D eigenvalue weighted by Gasteiger charge is 2.37. The Morgan fingerprint density at radius 3 is 3.12 bits per heavy atom. The summed E-state index contributed by atoms with van der Waals surface area (Å²) in [5, 5.41) is 12.9. The Bertz CT molecular complexity index is 841. The number of anilines is 1. The topological polar surface area (TPSA) is 70.0 Å². The predicted octanol–water partition coefficient (Wildman–Crippen LogP) is 2.91. The number of rotatable bonds is 2. The summed E-state index contributed by atoms with van der Waals surface area (Å²) in [6, 6.07) is 7.52. The maximum absolute atomic E-state index is 12.7. The van der Waals surface area contributed by atoms with Crippen molar-refractivity contribution in [3.63, 3.8) is 0 Å². The lowest BCUT2D eigenvalue weighted by Gasteiger charge is -2.21. The molecule has 122 valence electrons. The molecule has 7 heteroatoms. The molecular formula is C17H17N5OS. The van der Waals surface area contributed by atoms with Crippen molar-refractivity contribution in [1.82, 2.24) is 9.88 Å². The first kappa shape index (κ1) is 15.0. The van der Waals surface area contributed by atoms with Gasteiger partial charge in [0.25, 0.3) is 5.91 Å². The van der Waals surface area contributed by atoms with Crippen LogP contribution in [0, 0.1) is 6.92 Å². The van der Waals surface area contributed by atoms with Gasteiger partial charge in [-0.3, -0.25) is 4.79 Å². The van der Waals surface area contributed by atoms with Crippen molar-refractivity contribution in [2.24, 2.45) is 10.2 Å². The van der Waals surface area contributed by atoms with Crippen LogP contribution in [0.5, 0.6) is 0 Å². The molecule has 0 saturated carbocycles. The molecule has 1 aromatic heterocycles. The van der Waals surface area contributed by atoms with E-state index < -0.39 is 0 Å². The molecule has 1 fully saturated rings. The SMILES string of the molecule is Cc1ncc(C=N/N=C2/Nc3ccccc3C(=O)N3CCC[C@@H]23)s1. The zero-order chi connectivity index (χ0) is 16.5. The minimum Gasteiger partial charge on any atom is -0.340 e. The summed E-state index contributed by atoms with van der Waals surface area (Å²) < 4.78 is 0. The molecule has 2 aliphatic heterocycles. The molecule has 2 aliphatic rings. The number of aryl methyl sites for hydroxylation is 1. The van der Waals surface area contributed by atoms with Crippen LogP contribution in [0.4, 0.5) is 5.69 Å². The summed E-state index contributed by atoms with van der Waals surface area (Å²) in [5.74, 6) is 0.788. The van der Waals surface area contributed by atoms with E-state index in [1.165, 1.54) is 0 Å². The van der Waals surface area contributed by atoms with E-state index in [-0.39, 0.29) is 11.9 Å². The fourth-order valence-corrected chi connectivity index (χ4v) is 3.78. The Balaban J connectivity index is 1.67. The average molecular weight is 339 g/mol. The number of amidine groups is 1. The number of hydrogen-bond donors (Lipinski definition) is 1. The zero-order valence-electron chi connectivity index (χ0n) is 13.3. The van der Waals surface area contributed by atoms with Crippen LogP contribution in [0.2, 0.25) is 0 Å². The molecule has 1 saturated heterocycles. The van der Waals surface area contributed by atoms with Crippen molar-refractivity contribution in [2.75, 3.05) is 11.9 Å². The highest BCUT2D eigenvalue weighted by molar-refractivity contribution is 7.13. The number of nitrogens with one attached hydrogen (secondary N) is 1. The highest BCUT2D eigenvalue weighted by Crippen LogP contribution is 2.29. The number of para-hydroxylation sites is 1. The maximum atomic E-state index is 12.7. The molecule has 4 rings (SSSR count). The Morgan fingerprint density at radius 2 is 2.29 bits per heavy atom. The second-order valence-corrected chi connectivity index (χ2v) is 7.10. The van der Waals surface area contributed by atoms with Gasteiger partial charge in [-0.15, -0.1) is 16.4 Å². The van der Waals surface area contributed by atoms with Gasteiger partial charge < -0.3 is 10.2 Å². The third-order valence-corrected chi connectivity index (χ3v) is 5.09. The lowest BCUT2D eigenvalue weighted by molar-refractivity contribution is 0.0773. The Kier molecular flexibility index (Phi) is 3.86. The normalized spacial score (nSPS) is 21.7. The van der Waals surface area contributed by atoms with Crippen molar-refractivity contribution in [3.05, 3.63) is 45.9 Å². The fourth-order valence-electron chi connectivity index (χ4n) is 3.13. The van der Waals surface area contributed by atoms with Crippen molar-refractivity contribution in [3.8, 4) is 0 Å². The quantitative estimate of drug-likeness (QED) is 0.675. The average Bonchev–Trinajstić information content (AvgIpc) is 3.20. The molecule has 0 aliphatic carbocycles. The van der Waals surface area contributed by atoms with Crippen LogP contribution in [-0.4, -0.2) is 40.4 Å². The van der Waals surface area contributed by atoms with Gasteiger partial charge in [-0.1, -0.05) is 12.1 Å². The van der Waals surface area contributed by atoms with Crippen molar-refractivity contribution < 1.29 is 4.79 Å². The van der Waals surface area contributed by atoms with Crippen LogP contribution in [0.25, 0.3) is 0 Å². The molecule has 0 radical (unpaired) electrons. The van der Waals surface area contributed by atoms with Crippen LogP contribution in [-0.2, 0) is 0 Å². The first-order valence-corrected chi connectivity index (χ1v) is 8.74. The molecule has 2 aromatic rings. The second kappa shape index (κ2) is 6.16. The number of thiazole rings is 1. The van der Waals surface area contributed by atoms with Gasteiger partial charge in [0, 0.05) is 12.7 Å². The standard InChI is InChI=1S/C17H17N5OS/c1-11-18-9-12(24-11)10-19-21-16-15-7-4-8-22(15)17(23)13-5-2-3-6-14(13)20-16/h2-3,5-6,9-10,15H,4,7-8H2,1H3,(H,20,21)/t15-/m0/s1. The maximum Gasteiger partial charge on any atom is 0.256 e. The minimum absolute atomic E-state index is 0.0368. The van der Waals surface area contributed by atoms with E-state index in [1.807, 2.05) is 36.1 Å². The first-order valence-electron chi connectivity index (χ1n) is 7.93. The Morgan fingerprint density at radius 1 is 1.42 bits per heavy atom. The van der Waals surface area contributed by atoms with E-state index in [4.69, 9.17) is 0 Å². The zero-order valence-corrected chi connectivity index (χ0v) is 14.1. The van der Waals surface area contributed by atoms with Gasteiger partial charge >= 0.3 is 0 Å². The molecule has 6 nitrogen and oxygen atoms in total. The summed E-state index contributed by atoms with van der Waals surface area (Å²) in [7, 11) is 0. The van der Waals surface area contributed by atoms with Gasteiger partial charge in [-0.25, -0.2) is 4.98 Å². The molecule has 3 heterocycles.